The summed E-state index contributed by atoms with van der Waals surface area (Å²) in [4.78, 5) is 8.92. The van der Waals surface area contributed by atoms with Gasteiger partial charge in [-0.25, -0.2) is 4.98 Å². The van der Waals surface area contributed by atoms with E-state index in [0.29, 0.717) is 28.8 Å². The number of benzene rings is 2. The molecular formula is C20H19N5O2. The summed E-state index contributed by atoms with van der Waals surface area (Å²) in [6, 6.07) is 16.6. The summed E-state index contributed by atoms with van der Waals surface area (Å²) in [5.74, 6) is 2.36. The highest BCUT2D eigenvalue weighted by Gasteiger charge is 2.09. The van der Waals surface area contributed by atoms with Crippen molar-refractivity contribution in [2.24, 2.45) is 0 Å². The molecule has 1 heterocycles. The average Bonchev–Trinajstić information content (AvgIpc) is 2.68. The van der Waals surface area contributed by atoms with Crippen LogP contribution >= 0.6 is 0 Å². The lowest BCUT2D eigenvalue weighted by atomic mass is 10.2. The topological polar surface area (TPSA) is 92.1 Å². The minimum absolute atomic E-state index is 0.428. The number of aryl methyl sites for hydroxylation is 1. The van der Waals surface area contributed by atoms with Gasteiger partial charge in [-0.15, -0.1) is 0 Å². The van der Waals surface area contributed by atoms with E-state index < -0.39 is 0 Å². The van der Waals surface area contributed by atoms with Crippen LogP contribution in [0.5, 0.6) is 11.5 Å². The predicted molar refractivity (Wildman–Crippen MR) is 104 cm³/mol. The van der Waals surface area contributed by atoms with Crippen molar-refractivity contribution in [3.8, 4) is 17.6 Å². The number of nitrogens with zero attached hydrogens (tertiary/aromatic N) is 3. The summed E-state index contributed by atoms with van der Waals surface area (Å²) in [5.41, 5.74) is 2.87. The molecule has 0 saturated heterocycles. The third kappa shape index (κ3) is 4.44. The Hall–Kier alpha value is -3.79. The summed E-state index contributed by atoms with van der Waals surface area (Å²) in [5, 5.41) is 15.4. The van der Waals surface area contributed by atoms with Crippen LogP contribution in [0.4, 0.5) is 23.1 Å². The van der Waals surface area contributed by atoms with E-state index in [2.05, 4.69) is 26.7 Å². The van der Waals surface area contributed by atoms with Crippen LogP contribution in [-0.2, 0) is 0 Å². The van der Waals surface area contributed by atoms with Crippen LogP contribution in [0.3, 0.4) is 0 Å². The standard InChI is InChI=1S/C20H19N5O2/c1-13-9-19(23-15-6-4-5-14(10-15)12-21)25-20(22-13)24-17-8-7-16(26-2)11-18(17)27-3/h4-11H,1-3H3,(H2,22,23,24,25). The van der Waals surface area contributed by atoms with Crippen LogP contribution in [0.15, 0.2) is 48.5 Å². The monoisotopic (exact) mass is 361 g/mol. The fourth-order valence-corrected chi connectivity index (χ4v) is 2.53. The number of methoxy groups -OCH3 is 2. The highest BCUT2D eigenvalue weighted by Crippen LogP contribution is 2.31. The fraction of sp³-hybridized carbons (Fsp3) is 0.150. The summed E-state index contributed by atoms with van der Waals surface area (Å²) in [6.45, 7) is 1.88. The fourth-order valence-electron chi connectivity index (χ4n) is 2.53. The number of ether oxygens (including phenoxy) is 2. The van der Waals surface area contributed by atoms with Crippen molar-refractivity contribution in [2.45, 2.75) is 6.92 Å². The molecule has 0 amide bonds. The molecule has 0 aliphatic rings. The van der Waals surface area contributed by atoms with Gasteiger partial charge in [-0.1, -0.05) is 6.07 Å². The molecule has 0 fully saturated rings. The van der Waals surface area contributed by atoms with Gasteiger partial charge in [0, 0.05) is 23.5 Å². The number of rotatable bonds is 6. The maximum Gasteiger partial charge on any atom is 0.229 e. The highest BCUT2D eigenvalue weighted by molar-refractivity contribution is 5.66. The largest absolute Gasteiger partial charge is 0.497 e. The van der Waals surface area contributed by atoms with Crippen molar-refractivity contribution in [1.82, 2.24) is 9.97 Å². The molecule has 2 N–H and O–H groups in total. The molecule has 7 heteroatoms. The molecule has 0 saturated carbocycles. The minimum Gasteiger partial charge on any atom is -0.497 e. The molecule has 27 heavy (non-hydrogen) atoms. The van der Waals surface area contributed by atoms with Gasteiger partial charge < -0.3 is 20.1 Å². The van der Waals surface area contributed by atoms with Gasteiger partial charge >= 0.3 is 0 Å². The van der Waals surface area contributed by atoms with Crippen LogP contribution in [-0.4, -0.2) is 24.2 Å². The summed E-state index contributed by atoms with van der Waals surface area (Å²) < 4.78 is 10.6. The number of hydrogen-bond acceptors (Lipinski definition) is 7. The van der Waals surface area contributed by atoms with E-state index in [1.807, 2.05) is 37.3 Å². The second-order valence-electron chi connectivity index (χ2n) is 5.73. The first kappa shape index (κ1) is 18.0. The van der Waals surface area contributed by atoms with E-state index in [-0.39, 0.29) is 0 Å². The Morgan fingerprint density at radius 2 is 1.81 bits per heavy atom. The maximum absolute atomic E-state index is 9.03. The number of aromatic nitrogens is 2. The van der Waals surface area contributed by atoms with Crippen LogP contribution in [0.25, 0.3) is 0 Å². The van der Waals surface area contributed by atoms with Gasteiger partial charge in [0.25, 0.3) is 0 Å². The SMILES string of the molecule is COc1ccc(Nc2nc(C)cc(Nc3cccc(C#N)c3)n2)c(OC)c1. The van der Waals surface area contributed by atoms with Crippen molar-refractivity contribution in [3.05, 3.63) is 59.8 Å². The molecule has 1 aromatic heterocycles. The van der Waals surface area contributed by atoms with Gasteiger partial charge in [-0.05, 0) is 37.3 Å². The van der Waals surface area contributed by atoms with Crippen LogP contribution in [0.2, 0.25) is 0 Å². The van der Waals surface area contributed by atoms with Crippen molar-refractivity contribution in [2.75, 3.05) is 24.9 Å². The van der Waals surface area contributed by atoms with Gasteiger partial charge in [-0.3, -0.25) is 0 Å². The van der Waals surface area contributed by atoms with E-state index in [1.54, 1.807) is 32.4 Å². The Bertz CT molecular complexity index is 998. The minimum atomic E-state index is 0.428. The Kier molecular flexibility index (Phi) is 5.38. The number of nitrogens with one attached hydrogen (secondary N) is 2. The first-order valence-electron chi connectivity index (χ1n) is 8.23. The van der Waals surface area contributed by atoms with E-state index >= 15 is 0 Å². The van der Waals surface area contributed by atoms with Crippen molar-refractivity contribution in [3.63, 3.8) is 0 Å². The lowest BCUT2D eigenvalue weighted by Crippen LogP contribution is -2.03. The Balaban J connectivity index is 1.86. The Morgan fingerprint density at radius 1 is 0.963 bits per heavy atom. The molecule has 2 aromatic carbocycles. The first-order valence-corrected chi connectivity index (χ1v) is 8.23. The first-order chi connectivity index (χ1) is 13.1. The van der Waals surface area contributed by atoms with Crippen molar-refractivity contribution < 1.29 is 9.47 Å². The molecule has 0 unspecified atom stereocenters. The smallest absolute Gasteiger partial charge is 0.229 e. The highest BCUT2D eigenvalue weighted by atomic mass is 16.5. The zero-order valence-electron chi connectivity index (χ0n) is 15.3. The van der Waals surface area contributed by atoms with Crippen LogP contribution in [0.1, 0.15) is 11.3 Å². The third-order valence-corrected chi connectivity index (χ3v) is 3.77. The number of hydrogen-bond donors (Lipinski definition) is 2. The molecule has 7 nitrogen and oxygen atoms in total. The lowest BCUT2D eigenvalue weighted by Gasteiger charge is -2.13. The molecule has 0 aliphatic heterocycles. The molecule has 0 bridgehead atoms. The molecule has 0 radical (unpaired) electrons. The zero-order chi connectivity index (χ0) is 19.2. The van der Waals surface area contributed by atoms with E-state index in [1.165, 1.54) is 0 Å². The van der Waals surface area contributed by atoms with Gasteiger partial charge in [0.05, 0.1) is 31.5 Å². The molecule has 3 rings (SSSR count). The van der Waals surface area contributed by atoms with Crippen molar-refractivity contribution >= 4 is 23.1 Å². The summed E-state index contributed by atoms with van der Waals surface area (Å²) in [6.07, 6.45) is 0. The van der Waals surface area contributed by atoms with Gasteiger partial charge in [-0.2, -0.15) is 10.2 Å². The Morgan fingerprint density at radius 3 is 2.56 bits per heavy atom. The van der Waals surface area contributed by atoms with Crippen LogP contribution in [0, 0.1) is 18.3 Å². The van der Waals surface area contributed by atoms with Crippen LogP contribution < -0.4 is 20.1 Å². The number of nitriles is 1. The number of anilines is 4. The Labute approximate surface area is 157 Å². The molecule has 0 atom stereocenters. The van der Waals surface area contributed by atoms with Gasteiger partial charge in [0.1, 0.15) is 17.3 Å². The zero-order valence-corrected chi connectivity index (χ0v) is 15.3. The van der Waals surface area contributed by atoms with Gasteiger partial charge in [0.2, 0.25) is 5.95 Å². The molecule has 3 aromatic rings. The quantitative estimate of drug-likeness (QED) is 0.681. The second-order valence-corrected chi connectivity index (χ2v) is 5.73. The molecule has 136 valence electrons. The van der Waals surface area contributed by atoms with E-state index in [4.69, 9.17) is 14.7 Å². The molecular weight excluding hydrogens is 342 g/mol. The summed E-state index contributed by atoms with van der Waals surface area (Å²) in [7, 11) is 3.19. The normalized spacial score (nSPS) is 10.0. The average molecular weight is 361 g/mol. The van der Waals surface area contributed by atoms with Gasteiger partial charge in [0.15, 0.2) is 0 Å². The van der Waals surface area contributed by atoms with E-state index in [9.17, 15) is 0 Å². The second kappa shape index (κ2) is 8.06. The summed E-state index contributed by atoms with van der Waals surface area (Å²) >= 11 is 0. The lowest BCUT2D eigenvalue weighted by molar-refractivity contribution is 0.395. The predicted octanol–water partition coefficient (Wildman–Crippen LogP) is 4.16. The molecule has 0 aliphatic carbocycles. The van der Waals surface area contributed by atoms with Crippen molar-refractivity contribution in [1.29, 1.82) is 5.26 Å². The molecule has 0 spiro atoms. The third-order valence-electron chi connectivity index (χ3n) is 3.77. The van der Waals surface area contributed by atoms with E-state index in [0.717, 1.165) is 17.1 Å². The maximum atomic E-state index is 9.03.